The zero-order chi connectivity index (χ0) is 8.27. The minimum absolute atomic E-state index is 0.196. The van der Waals surface area contributed by atoms with Gasteiger partial charge >= 0.3 is 6.09 Å². The van der Waals surface area contributed by atoms with E-state index in [1.807, 2.05) is 0 Å². The second-order valence-corrected chi connectivity index (χ2v) is 3.32. The van der Waals surface area contributed by atoms with Gasteiger partial charge in [-0.3, -0.25) is 0 Å². The van der Waals surface area contributed by atoms with Gasteiger partial charge in [-0.15, -0.1) is 0 Å². The van der Waals surface area contributed by atoms with Gasteiger partial charge in [-0.2, -0.15) is 0 Å². The van der Waals surface area contributed by atoms with E-state index in [2.05, 4.69) is 12.2 Å². The SMILES string of the molecule is C[C@@H]1CCCC[C@H]1NC(=O)O. The Hall–Kier alpha value is -0.730. The number of rotatable bonds is 1. The van der Waals surface area contributed by atoms with Crippen molar-refractivity contribution in [1.82, 2.24) is 5.32 Å². The summed E-state index contributed by atoms with van der Waals surface area (Å²) < 4.78 is 0. The van der Waals surface area contributed by atoms with Crippen molar-refractivity contribution in [3.8, 4) is 0 Å². The standard InChI is InChI=1S/C8H15NO2/c1-6-4-2-3-5-7(6)9-8(10)11/h6-7,9H,2-5H2,1H3,(H,10,11)/t6-,7-/m1/s1. The Morgan fingerprint density at radius 1 is 1.45 bits per heavy atom. The first-order valence-electron chi connectivity index (χ1n) is 4.19. The monoisotopic (exact) mass is 157 g/mol. The summed E-state index contributed by atoms with van der Waals surface area (Å²) in [4.78, 5) is 10.3. The lowest BCUT2D eigenvalue weighted by atomic mass is 9.86. The predicted octanol–water partition coefficient (Wildman–Crippen LogP) is 1.83. The summed E-state index contributed by atoms with van der Waals surface area (Å²) in [6.45, 7) is 2.11. The molecule has 1 aliphatic carbocycles. The molecule has 0 aromatic heterocycles. The minimum Gasteiger partial charge on any atom is -0.465 e. The summed E-state index contributed by atoms with van der Waals surface area (Å²) in [6.07, 6.45) is 3.69. The van der Waals surface area contributed by atoms with E-state index in [4.69, 9.17) is 5.11 Å². The molecular formula is C8H15NO2. The lowest BCUT2D eigenvalue weighted by Crippen LogP contribution is -2.40. The Kier molecular flexibility index (Phi) is 2.74. The van der Waals surface area contributed by atoms with E-state index in [1.165, 1.54) is 6.42 Å². The second-order valence-electron chi connectivity index (χ2n) is 3.32. The molecule has 2 atom stereocenters. The van der Waals surface area contributed by atoms with E-state index >= 15 is 0 Å². The number of carbonyl (C=O) groups is 1. The Bertz CT molecular complexity index is 147. The lowest BCUT2D eigenvalue weighted by Gasteiger charge is -2.28. The topological polar surface area (TPSA) is 49.3 Å². The fourth-order valence-corrected chi connectivity index (χ4v) is 1.69. The molecule has 0 aromatic carbocycles. The first kappa shape index (κ1) is 8.37. The highest BCUT2D eigenvalue weighted by Crippen LogP contribution is 2.23. The van der Waals surface area contributed by atoms with Gasteiger partial charge in [-0.05, 0) is 18.8 Å². The van der Waals surface area contributed by atoms with E-state index in [-0.39, 0.29) is 6.04 Å². The average molecular weight is 157 g/mol. The molecule has 0 heterocycles. The van der Waals surface area contributed by atoms with Gasteiger partial charge in [-0.25, -0.2) is 4.79 Å². The van der Waals surface area contributed by atoms with Crippen molar-refractivity contribution in [3.63, 3.8) is 0 Å². The fourth-order valence-electron chi connectivity index (χ4n) is 1.69. The van der Waals surface area contributed by atoms with Crippen molar-refractivity contribution >= 4 is 6.09 Å². The van der Waals surface area contributed by atoms with Crippen LogP contribution in [0, 0.1) is 5.92 Å². The molecule has 1 amide bonds. The van der Waals surface area contributed by atoms with Crippen molar-refractivity contribution in [2.75, 3.05) is 0 Å². The number of hydrogen-bond acceptors (Lipinski definition) is 1. The molecule has 0 aromatic rings. The molecule has 1 rings (SSSR count). The van der Waals surface area contributed by atoms with E-state index in [1.54, 1.807) is 0 Å². The zero-order valence-electron chi connectivity index (χ0n) is 6.84. The van der Waals surface area contributed by atoms with Gasteiger partial charge in [0.25, 0.3) is 0 Å². The van der Waals surface area contributed by atoms with E-state index in [0.717, 1.165) is 19.3 Å². The molecule has 1 saturated carbocycles. The highest BCUT2D eigenvalue weighted by molar-refractivity contribution is 5.64. The largest absolute Gasteiger partial charge is 0.465 e. The van der Waals surface area contributed by atoms with Crippen molar-refractivity contribution < 1.29 is 9.90 Å². The molecule has 0 radical (unpaired) electrons. The normalized spacial score (nSPS) is 31.4. The van der Waals surface area contributed by atoms with E-state index in [9.17, 15) is 4.79 Å². The van der Waals surface area contributed by atoms with Crippen LogP contribution in [-0.4, -0.2) is 17.2 Å². The van der Waals surface area contributed by atoms with Crippen LogP contribution in [0.3, 0.4) is 0 Å². The molecule has 11 heavy (non-hydrogen) atoms. The van der Waals surface area contributed by atoms with Crippen LogP contribution in [-0.2, 0) is 0 Å². The van der Waals surface area contributed by atoms with Gasteiger partial charge in [0, 0.05) is 6.04 Å². The van der Waals surface area contributed by atoms with Crippen LogP contribution in [0.5, 0.6) is 0 Å². The van der Waals surface area contributed by atoms with Gasteiger partial charge in [0.15, 0.2) is 0 Å². The molecule has 0 saturated heterocycles. The van der Waals surface area contributed by atoms with Crippen LogP contribution in [0.1, 0.15) is 32.6 Å². The number of carboxylic acid groups (broad SMARTS) is 1. The smallest absolute Gasteiger partial charge is 0.404 e. The van der Waals surface area contributed by atoms with Crippen LogP contribution in [0.25, 0.3) is 0 Å². The van der Waals surface area contributed by atoms with Crippen molar-refractivity contribution in [1.29, 1.82) is 0 Å². The maximum absolute atomic E-state index is 10.3. The molecule has 1 aliphatic rings. The Labute approximate surface area is 66.8 Å². The Morgan fingerprint density at radius 2 is 2.09 bits per heavy atom. The third kappa shape index (κ3) is 2.41. The van der Waals surface area contributed by atoms with Crippen LogP contribution in [0.4, 0.5) is 4.79 Å². The highest BCUT2D eigenvalue weighted by atomic mass is 16.4. The van der Waals surface area contributed by atoms with E-state index in [0.29, 0.717) is 5.92 Å². The minimum atomic E-state index is -0.885. The summed E-state index contributed by atoms with van der Waals surface area (Å²) in [5, 5.41) is 11.0. The first-order chi connectivity index (χ1) is 5.20. The van der Waals surface area contributed by atoms with Gasteiger partial charge in [0.2, 0.25) is 0 Å². The Balaban J connectivity index is 2.35. The highest BCUT2D eigenvalue weighted by Gasteiger charge is 2.22. The predicted molar refractivity (Wildman–Crippen MR) is 42.6 cm³/mol. The molecular weight excluding hydrogens is 142 g/mol. The Morgan fingerprint density at radius 3 is 2.64 bits per heavy atom. The third-order valence-corrected chi connectivity index (χ3v) is 2.42. The third-order valence-electron chi connectivity index (χ3n) is 2.42. The van der Waals surface area contributed by atoms with Gasteiger partial charge in [0.1, 0.15) is 0 Å². The average Bonchev–Trinajstić information content (AvgIpc) is 1.93. The first-order valence-corrected chi connectivity index (χ1v) is 4.19. The number of amides is 1. The van der Waals surface area contributed by atoms with Gasteiger partial charge < -0.3 is 10.4 Å². The molecule has 2 N–H and O–H groups in total. The molecule has 3 nitrogen and oxygen atoms in total. The summed E-state index contributed by atoms with van der Waals surface area (Å²) >= 11 is 0. The molecule has 0 bridgehead atoms. The maximum atomic E-state index is 10.3. The fraction of sp³-hybridized carbons (Fsp3) is 0.875. The molecule has 1 fully saturated rings. The zero-order valence-corrected chi connectivity index (χ0v) is 6.84. The van der Waals surface area contributed by atoms with Crippen LogP contribution < -0.4 is 5.32 Å². The van der Waals surface area contributed by atoms with Crippen molar-refractivity contribution in [2.45, 2.75) is 38.6 Å². The molecule has 0 unspecified atom stereocenters. The van der Waals surface area contributed by atoms with Crippen molar-refractivity contribution in [2.24, 2.45) is 5.92 Å². The van der Waals surface area contributed by atoms with Gasteiger partial charge in [0.05, 0.1) is 0 Å². The van der Waals surface area contributed by atoms with E-state index < -0.39 is 6.09 Å². The van der Waals surface area contributed by atoms with Crippen molar-refractivity contribution in [3.05, 3.63) is 0 Å². The second kappa shape index (κ2) is 3.60. The molecule has 0 spiro atoms. The summed E-state index contributed by atoms with van der Waals surface area (Å²) in [7, 11) is 0. The van der Waals surface area contributed by atoms with Gasteiger partial charge in [-0.1, -0.05) is 19.8 Å². The molecule has 3 heteroatoms. The summed E-state index contributed by atoms with van der Waals surface area (Å²) in [5.74, 6) is 0.514. The summed E-state index contributed by atoms with van der Waals surface area (Å²) in [6, 6.07) is 0.196. The molecule has 64 valence electrons. The maximum Gasteiger partial charge on any atom is 0.404 e. The number of nitrogens with one attached hydrogen (secondary N) is 1. The number of hydrogen-bond donors (Lipinski definition) is 2. The van der Waals surface area contributed by atoms with Crippen LogP contribution >= 0.6 is 0 Å². The lowest BCUT2D eigenvalue weighted by molar-refractivity contribution is 0.178. The van der Waals surface area contributed by atoms with Crippen LogP contribution in [0.2, 0.25) is 0 Å². The van der Waals surface area contributed by atoms with Crippen LogP contribution in [0.15, 0.2) is 0 Å². The molecule has 0 aliphatic heterocycles. The quantitative estimate of drug-likeness (QED) is 0.610. The summed E-state index contributed by atoms with van der Waals surface area (Å²) in [5.41, 5.74) is 0.